The predicted octanol–water partition coefficient (Wildman–Crippen LogP) is 2.90. The number of ether oxygens (including phenoxy) is 1. The number of rotatable bonds is 3. The highest BCUT2D eigenvalue weighted by Gasteiger charge is 2.26. The highest BCUT2D eigenvalue weighted by atomic mass is 127. The third-order valence-electron chi connectivity index (χ3n) is 2.74. The molecule has 1 aliphatic rings. The molecule has 0 aromatic carbocycles. The quantitative estimate of drug-likeness (QED) is 0.586. The van der Waals surface area contributed by atoms with E-state index in [1.165, 1.54) is 6.21 Å². The van der Waals surface area contributed by atoms with Crippen LogP contribution in [0.5, 0.6) is 0 Å². The Hall–Kier alpha value is -0.790. The molecule has 0 radical (unpaired) electrons. The molecule has 0 aliphatic carbocycles. The van der Waals surface area contributed by atoms with Gasteiger partial charge >= 0.3 is 6.09 Å². The lowest BCUT2D eigenvalue weighted by atomic mass is 10.1. The lowest BCUT2D eigenvalue weighted by molar-refractivity contribution is 0.0201. The van der Waals surface area contributed by atoms with Crippen LogP contribution in [-0.4, -0.2) is 41.9 Å². The molecule has 0 aromatic rings. The molecule has 2 N–H and O–H groups in total. The number of nitrogens with one attached hydrogen (secondary N) is 2. The zero-order chi connectivity index (χ0) is 14.5. The molecule has 0 atom stereocenters. The Balaban J connectivity index is 2.36. The van der Waals surface area contributed by atoms with Gasteiger partial charge in [-0.05, 0) is 56.2 Å². The van der Waals surface area contributed by atoms with Crippen LogP contribution in [0.15, 0.2) is 9.78 Å². The molecule has 1 fully saturated rings. The second kappa shape index (κ2) is 7.12. The van der Waals surface area contributed by atoms with Crippen molar-refractivity contribution in [2.24, 2.45) is 0 Å². The Morgan fingerprint density at radius 1 is 1.42 bits per heavy atom. The first-order valence-corrected chi connectivity index (χ1v) is 7.50. The van der Waals surface area contributed by atoms with Crippen LogP contribution in [0.1, 0.15) is 33.6 Å². The highest BCUT2D eigenvalue weighted by Crippen LogP contribution is 2.15. The largest absolute Gasteiger partial charge is 0.444 e. The number of likely N-dealkylation sites (tertiary alicyclic amines) is 1. The maximum absolute atomic E-state index is 11.9. The van der Waals surface area contributed by atoms with Gasteiger partial charge in [-0.2, -0.15) is 0 Å². The SMILES string of the molecule is CC(C)(C)OC(=O)N1CCC(N/C=C(/I)C=N)CC1. The van der Waals surface area contributed by atoms with E-state index >= 15 is 0 Å². The fraction of sp³-hybridized carbons (Fsp3) is 0.692. The van der Waals surface area contributed by atoms with Gasteiger partial charge in [0.25, 0.3) is 0 Å². The van der Waals surface area contributed by atoms with Gasteiger partial charge in [0.2, 0.25) is 0 Å². The first-order valence-electron chi connectivity index (χ1n) is 6.42. The summed E-state index contributed by atoms with van der Waals surface area (Å²) >= 11 is 2.10. The minimum atomic E-state index is -0.436. The fourth-order valence-electron chi connectivity index (χ4n) is 1.79. The van der Waals surface area contributed by atoms with Crippen molar-refractivity contribution in [1.29, 1.82) is 5.41 Å². The van der Waals surface area contributed by atoms with Crippen LogP contribution in [0.2, 0.25) is 0 Å². The summed E-state index contributed by atoms with van der Waals surface area (Å²) in [6, 6.07) is 0.364. The van der Waals surface area contributed by atoms with E-state index in [-0.39, 0.29) is 6.09 Å². The molecule has 0 unspecified atom stereocenters. The summed E-state index contributed by atoms with van der Waals surface area (Å²) in [5.41, 5.74) is -0.436. The fourth-order valence-corrected chi connectivity index (χ4v) is 1.97. The number of halogens is 1. The van der Waals surface area contributed by atoms with Crippen LogP contribution in [-0.2, 0) is 4.74 Å². The zero-order valence-corrected chi connectivity index (χ0v) is 13.9. The normalized spacial score (nSPS) is 18.1. The van der Waals surface area contributed by atoms with Gasteiger partial charge in [0.1, 0.15) is 5.60 Å². The number of hydrogen-bond donors (Lipinski definition) is 2. The topological polar surface area (TPSA) is 65.4 Å². The molecular formula is C13H22IN3O2. The number of allylic oxidation sites excluding steroid dienone is 1. The van der Waals surface area contributed by atoms with Gasteiger partial charge < -0.3 is 20.4 Å². The Bertz CT molecular complexity index is 355. The molecule has 1 heterocycles. The molecule has 19 heavy (non-hydrogen) atoms. The standard InChI is InChI=1S/C13H22IN3O2/c1-13(2,3)19-12(18)17-6-4-11(5-7-17)16-9-10(14)8-15/h8-9,11,15-16H,4-7H2,1-3H3/b10-9+,15-8?. The van der Waals surface area contributed by atoms with Crippen LogP contribution in [0.3, 0.4) is 0 Å². The lowest BCUT2D eigenvalue weighted by Gasteiger charge is -2.33. The van der Waals surface area contributed by atoms with E-state index in [2.05, 4.69) is 27.9 Å². The van der Waals surface area contributed by atoms with Crippen LogP contribution in [0.4, 0.5) is 4.79 Å². The minimum Gasteiger partial charge on any atom is -0.444 e. The molecule has 1 rings (SSSR count). The van der Waals surface area contributed by atoms with Crippen molar-refractivity contribution in [3.8, 4) is 0 Å². The maximum Gasteiger partial charge on any atom is 0.410 e. The summed E-state index contributed by atoms with van der Waals surface area (Å²) in [6.45, 7) is 7.05. The summed E-state index contributed by atoms with van der Waals surface area (Å²) in [6.07, 6.45) is 4.73. The van der Waals surface area contributed by atoms with Crippen LogP contribution in [0, 0.1) is 5.41 Å². The predicted molar refractivity (Wildman–Crippen MR) is 84.9 cm³/mol. The van der Waals surface area contributed by atoms with Gasteiger partial charge in [0, 0.05) is 35.1 Å². The van der Waals surface area contributed by atoms with E-state index in [0.29, 0.717) is 19.1 Å². The van der Waals surface area contributed by atoms with Crippen LogP contribution >= 0.6 is 22.6 Å². The molecule has 0 spiro atoms. The first-order chi connectivity index (χ1) is 8.81. The average molecular weight is 379 g/mol. The van der Waals surface area contributed by atoms with Crippen molar-refractivity contribution < 1.29 is 9.53 Å². The van der Waals surface area contributed by atoms with Crippen molar-refractivity contribution in [2.75, 3.05) is 13.1 Å². The third kappa shape index (κ3) is 6.26. The number of hydrogen-bond acceptors (Lipinski definition) is 4. The van der Waals surface area contributed by atoms with Gasteiger partial charge in [-0.15, -0.1) is 0 Å². The molecule has 108 valence electrons. The highest BCUT2D eigenvalue weighted by molar-refractivity contribution is 14.1. The van der Waals surface area contributed by atoms with E-state index in [1.54, 1.807) is 4.90 Å². The van der Waals surface area contributed by atoms with Gasteiger partial charge in [0.05, 0.1) is 0 Å². The zero-order valence-electron chi connectivity index (χ0n) is 11.7. The second-order valence-corrected chi connectivity index (χ2v) is 6.83. The van der Waals surface area contributed by atoms with Crippen molar-refractivity contribution in [3.05, 3.63) is 9.78 Å². The van der Waals surface area contributed by atoms with E-state index < -0.39 is 5.60 Å². The van der Waals surface area contributed by atoms with Gasteiger partial charge in [-0.25, -0.2) is 4.79 Å². The number of carbonyl (C=O) groups is 1. The number of nitrogens with zero attached hydrogens (tertiary/aromatic N) is 1. The summed E-state index contributed by atoms with van der Waals surface area (Å²) in [4.78, 5) is 13.6. The molecular weight excluding hydrogens is 357 g/mol. The molecule has 0 saturated carbocycles. The van der Waals surface area contributed by atoms with E-state index in [4.69, 9.17) is 10.1 Å². The van der Waals surface area contributed by atoms with Gasteiger partial charge in [-0.3, -0.25) is 0 Å². The number of piperidine rings is 1. The van der Waals surface area contributed by atoms with Crippen LogP contribution in [0.25, 0.3) is 0 Å². The molecule has 1 saturated heterocycles. The number of carbonyl (C=O) groups excluding carboxylic acids is 1. The second-order valence-electron chi connectivity index (χ2n) is 5.58. The Morgan fingerprint density at radius 2 is 2.00 bits per heavy atom. The molecule has 0 bridgehead atoms. The smallest absolute Gasteiger partial charge is 0.410 e. The monoisotopic (exact) mass is 379 g/mol. The Morgan fingerprint density at radius 3 is 2.47 bits per heavy atom. The number of amides is 1. The van der Waals surface area contributed by atoms with Crippen molar-refractivity contribution in [2.45, 2.75) is 45.3 Å². The van der Waals surface area contributed by atoms with Crippen molar-refractivity contribution in [1.82, 2.24) is 10.2 Å². The third-order valence-corrected chi connectivity index (χ3v) is 3.36. The maximum atomic E-state index is 11.9. The van der Waals surface area contributed by atoms with Gasteiger partial charge in [0.15, 0.2) is 0 Å². The molecule has 6 heteroatoms. The summed E-state index contributed by atoms with van der Waals surface area (Å²) < 4.78 is 6.22. The lowest BCUT2D eigenvalue weighted by Crippen LogP contribution is -2.45. The van der Waals surface area contributed by atoms with Crippen molar-refractivity contribution >= 4 is 34.9 Å². The molecule has 1 amide bonds. The average Bonchev–Trinajstić information content (AvgIpc) is 2.34. The van der Waals surface area contributed by atoms with E-state index in [1.807, 2.05) is 27.0 Å². The molecule has 0 aromatic heterocycles. The van der Waals surface area contributed by atoms with Crippen molar-refractivity contribution in [3.63, 3.8) is 0 Å². The summed E-state index contributed by atoms with van der Waals surface area (Å²) in [7, 11) is 0. The van der Waals surface area contributed by atoms with E-state index in [9.17, 15) is 4.79 Å². The first kappa shape index (κ1) is 16.3. The summed E-state index contributed by atoms with van der Waals surface area (Å²) in [5, 5.41) is 10.4. The van der Waals surface area contributed by atoms with Gasteiger partial charge in [-0.1, -0.05) is 0 Å². The Labute approximate surface area is 128 Å². The van der Waals surface area contributed by atoms with Crippen LogP contribution < -0.4 is 5.32 Å². The molecule has 5 nitrogen and oxygen atoms in total. The minimum absolute atomic E-state index is 0.226. The molecule has 1 aliphatic heterocycles. The Kier molecular flexibility index (Phi) is 6.09. The summed E-state index contributed by atoms with van der Waals surface area (Å²) in [5.74, 6) is 0. The van der Waals surface area contributed by atoms with E-state index in [0.717, 1.165) is 16.4 Å².